The zero-order valence-electron chi connectivity index (χ0n) is 12.2. The van der Waals surface area contributed by atoms with Gasteiger partial charge >= 0.3 is 4.94 Å². The summed E-state index contributed by atoms with van der Waals surface area (Å²) in [7, 11) is 0. The second-order valence-corrected chi connectivity index (χ2v) is 5.90. The molecule has 1 aromatic heterocycles. The Morgan fingerprint density at radius 2 is 1.68 bits per heavy atom. The van der Waals surface area contributed by atoms with E-state index >= 15 is 0 Å². The van der Waals surface area contributed by atoms with E-state index in [2.05, 4.69) is 0 Å². The topological polar surface area (TPSA) is 48.7 Å². The quantitative estimate of drug-likeness (QED) is 0.645. The predicted molar refractivity (Wildman–Crippen MR) is 87.1 cm³/mol. The Morgan fingerprint density at radius 1 is 1.00 bits per heavy atom. The van der Waals surface area contributed by atoms with Crippen molar-refractivity contribution >= 4 is 21.6 Å². The van der Waals surface area contributed by atoms with Gasteiger partial charge in [0.15, 0.2) is 5.58 Å². The van der Waals surface area contributed by atoms with Gasteiger partial charge in [0.2, 0.25) is 0 Å². The third kappa shape index (κ3) is 3.68. The summed E-state index contributed by atoms with van der Waals surface area (Å²) in [5, 5.41) is 0. The summed E-state index contributed by atoms with van der Waals surface area (Å²) in [4.78, 5) is 10.9. The van der Waals surface area contributed by atoms with Crippen LogP contribution in [0.2, 0.25) is 0 Å². The van der Waals surface area contributed by atoms with Gasteiger partial charge in [-0.1, -0.05) is 29.0 Å². The van der Waals surface area contributed by atoms with E-state index in [1.54, 1.807) is 6.07 Å². The van der Waals surface area contributed by atoms with Crippen molar-refractivity contribution in [2.24, 2.45) is 0 Å². The van der Waals surface area contributed by atoms with Crippen LogP contribution in [-0.2, 0) is 0 Å². The summed E-state index contributed by atoms with van der Waals surface area (Å²) in [5.74, 6) is 1.57. The Balaban J connectivity index is 1.45. The van der Waals surface area contributed by atoms with Crippen molar-refractivity contribution in [2.75, 3.05) is 13.2 Å². The first-order valence-electron chi connectivity index (χ1n) is 7.07. The molecule has 3 rings (SSSR count). The van der Waals surface area contributed by atoms with Crippen molar-refractivity contribution in [3.05, 3.63) is 57.8 Å². The largest absolute Gasteiger partial charge is 0.493 e. The molecule has 114 valence electrons. The van der Waals surface area contributed by atoms with Crippen LogP contribution in [0.3, 0.4) is 0 Å². The van der Waals surface area contributed by atoms with Crippen LogP contribution in [0, 0.1) is 6.92 Å². The fourth-order valence-electron chi connectivity index (χ4n) is 2.02. The smallest absolute Gasteiger partial charge is 0.396 e. The van der Waals surface area contributed by atoms with Gasteiger partial charge in [-0.3, -0.25) is 0 Å². The van der Waals surface area contributed by atoms with E-state index in [9.17, 15) is 4.79 Å². The zero-order valence-corrected chi connectivity index (χ0v) is 13.0. The number of hydrogen-bond acceptors (Lipinski definition) is 5. The molecule has 0 saturated heterocycles. The third-order valence-electron chi connectivity index (χ3n) is 3.15. The molecule has 0 amide bonds. The summed E-state index contributed by atoms with van der Waals surface area (Å²) in [5.41, 5.74) is 1.79. The number of hydrogen-bond donors (Lipinski definition) is 0. The number of ether oxygens (including phenoxy) is 2. The highest BCUT2D eigenvalue weighted by atomic mass is 32.1. The number of aryl methyl sites for hydroxylation is 1. The fourth-order valence-corrected chi connectivity index (χ4v) is 2.66. The standard InChI is InChI=1S/C17H16O4S/c1-12-3-5-13(6-4-12)19-9-2-10-20-14-7-8-16-15(11-14)21-17(18)22-16/h3-8,11H,2,9-10H2,1H3. The summed E-state index contributed by atoms with van der Waals surface area (Å²) in [6.45, 7) is 3.19. The molecule has 1 heterocycles. The molecule has 22 heavy (non-hydrogen) atoms. The van der Waals surface area contributed by atoms with Crippen molar-refractivity contribution < 1.29 is 13.9 Å². The number of benzene rings is 2. The van der Waals surface area contributed by atoms with Crippen LogP contribution in [-0.4, -0.2) is 13.2 Å². The van der Waals surface area contributed by atoms with Crippen LogP contribution in [0.15, 0.2) is 51.7 Å². The highest BCUT2D eigenvalue weighted by Gasteiger charge is 2.03. The zero-order chi connectivity index (χ0) is 15.4. The van der Waals surface area contributed by atoms with E-state index in [1.165, 1.54) is 5.56 Å². The molecule has 0 bridgehead atoms. The minimum atomic E-state index is -0.293. The second kappa shape index (κ2) is 6.66. The molecular formula is C17H16O4S. The van der Waals surface area contributed by atoms with E-state index in [-0.39, 0.29) is 4.94 Å². The molecule has 0 unspecified atom stereocenters. The van der Waals surface area contributed by atoms with Gasteiger partial charge in [0.25, 0.3) is 0 Å². The van der Waals surface area contributed by atoms with Gasteiger partial charge in [-0.25, -0.2) is 4.79 Å². The third-order valence-corrected chi connectivity index (χ3v) is 3.96. The van der Waals surface area contributed by atoms with E-state index in [0.29, 0.717) is 24.5 Å². The molecule has 5 heteroatoms. The SMILES string of the molecule is Cc1ccc(OCCCOc2ccc3sc(=O)oc3c2)cc1. The number of fused-ring (bicyclic) bond motifs is 1. The molecule has 0 spiro atoms. The first-order chi connectivity index (χ1) is 10.7. The maximum Gasteiger partial charge on any atom is 0.396 e. The molecule has 0 radical (unpaired) electrons. The highest BCUT2D eigenvalue weighted by Crippen LogP contribution is 2.22. The lowest BCUT2D eigenvalue weighted by Crippen LogP contribution is -2.04. The van der Waals surface area contributed by atoms with Gasteiger partial charge in [0.1, 0.15) is 11.5 Å². The molecule has 0 fully saturated rings. The Bertz CT molecular complexity index is 801. The molecule has 3 aromatic rings. The van der Waals surface area contributed by atoms with E-state index in [1.807, 2.05) is 43.3 Å². The minimum Gasteiger partial charge on any atom is -0.493 e. The fraction of sp³-hybridized carbons (Fsp3) is 0.235. The Labute approximate surface area is 131 Å². The first-order valence-corrected chi connectivity index (χ1v) is 7.88. The van der Waals surface area contributed by atoms with Crippen molar-refractivity contribution in [1.29, 1.82) is 0 Å². The molecule has 4 nitrogen and oxygen atoms in total. The lowest BCUT2D eigenvalue weighted by Gasteiger charge is -2.08. The summed E-state index contributed by atoms with van der Waals surface area (Å²) >= 11 is 1.09. The van der Waals surface area contributed by atoms with Gasteiger partial charge in [-0.2, -0.15) is 0 Å². The average Bonchev–Trinajstić information content (AvgIpc) is 2.88. The summed E-state index contributed by atoms with van der Waals surface area (Å²) < 4.78 is 17.2. The predicted octanol–water partition coefficient (Wildman–Crippen LogP) is 4.01. The van der Waals surface area contributed by atoms with Gasteiger partial charge in [-0.15, -0.1) is 0 Å². The van der Waals surface area contributed by atoms with Crippen molar-refractivity contribution in [3.8, 4) is 11.5 Å². The van der Waals surface area contributed by atoms with Crippen molar-refractivity contribution in [1.82, 2.24) is 0 Å². The monoisotopic (exact) mass is 316 g/mol. The first kappa shape index (κ1) is 14.7. The van der Waals surface area contributed by atoms with Crippen LogP contribution in [0.4, 0.5) is 0 Å². The van der Waals surface area contributed by atoms with E-state index in [0.717, 1.165) is 28.2 Å². The summed E-state index contributed by atoms with van der Waals surface area (Å²) in [6.07, 6.45) is 0.777. The van der Waals surface area contributed by atoms with Gasteiger partial charge in [-0.05, 0) is 31.2 Å². The minimum absolute atomic E-state index is 0.293. The molecule has 0 aliphatic rings. The van der Waals surface area contributed by atoms with Crippen molar-refractivity contribution in [2.45, 2.75) is 13.3 Å². The van der Waals surface area contributed by atoms with Gasteiger partial charge < -0.3 is 13.9 Å². The molecule has 2 aromatic carbocycles. The second-order valence-electron chi connectivity index (χ2n) is 4.93. The highest BCUT2D eigenvalue weighted by molar-refractivity contribution is 7.16. The van der Waals surface area contributed by atoms with Crippen LogP contribution < -0.4 is 14.4 Å². The molecule has 0 atom stereocenters. The van der Waals surface area contributed by atoms with Crippen LogP contribution in [0.1, 0.15) is 12.0 Å². The molecular weight excluding hydrogens is 300 g/mol. The van der Waals surface area contributed by atoms with Crippen LogP contribution in [0.5, 0.6) is 11.5 Å². The Hall–Kier alpha value is -2.27. The number of rotatable bonds is 6. The summed E-state index contributed by atoms with van der Waals surface area (Å²) in [6, 6.07) is 13.4. The normalized spacial score (nSPS) is 10.8. The lowest BCUT2D eigenvalue weighted by atomic mass is 10.2. The maximum atomic E-state index is 11.1. The Kier molecular flexibility index (Phi) is 4.44. The van der Waals surface area contributed by atoms with E-state index in [4.69, 9.17) is 13.9 Å². The Morgan fingerprint density at radius 3 is 2.45 bits per heavy atom. The molecule has 0 aliphatic heterocycles. The molecule has 0 saturated carbocycles. The van der Waals surface area contributed by atoms with Crippen molar-refractivity contribution in [3.63, 3.8) is 0 Å². The van der Waals surface area contributed by atoms with Gasteiger partial charge in [0.05, 0.1) is 17.9 Å². The van der Waals surface area contributed by atoms with Gasteiger partial charge in [0, 0.05) is 12.5 Å². The molecule has 0 N–H and O–H groups in total. The van der Waals surface area contributed by atoms with Crippen LogP contribution >= 0.6 is 11.3 Å². The van der Waals surface area contributed by atoms with E-state index < -0.39 is 0 Å². The average molecular weight is 316 g/mol. The maximum absolute atomic E-state index is 11.1. The molecule has 0 aliphatic carbocycles. The van der Waals surface area contributed by atoms with Crippen LogP contribution in [0.25, 0.3) is 10.3 Å². The lowest BCUT2D eigenvalue weighted by molar-refractivity contribution is 0.247.